The van der Waals surface area contributed by atoms with Gasteiger partial charge in [-0.1, -0.05) is 82.6 Å². The number of hydrogen-bond donors (Lipinski definition) is 4. The molecule has 1 aliphatic heterocycles. The van der Waals surface area contributed by atoms with E-state index in [9.17, 15) is 30.0 Å². The van der Waals surface area contributed by atoms with Crippen LogP contribution >= 0.6 is 0 Å². The Morgan fingerprint density at radius 3 is 2.10 bits per heavy atom. The predicted molar refractivity (Wildman–Crippen MR) is 159 cm³/mol. The molecule has 4 N–H and O–H groups in total. The fraction of sp³-hybridized carbons (Fsp3) is 0.812. The third-order valence-corrected chi connectivity index (χ3v) is 7.18. The van der Waals surface area contributed by atoms with Gasteiger partial charge in [0.25, 0.3) is 0 Å². The maximum Gasteiger partial charge on any atom is 0.306 e. The summed E-state index contributed by atoms with van der Waals surface area (Å²) in [4.78, 5) is 24.8. The van der Waals surface area contributed by atoms with Gasteiger partial charge in [0.05, 0.1) is 13.2 Å². The van der Waals surface area contributed by atoms with Crippen molar-refractivity contribution >= 4 is 11.9 Å². The Kier molecular flexibility index (Phi) is 22.4. The van der Waals surface area contributed by atoms with Crippen LogP contribution in [0.15, 0.2) is 24.3 Å². The first-order valence-corrected chi connectivity index (χ1v) is 15.9. The first kappa shape index (κ1) is 38.2. The molecule has 42 heavy (non-hydrogen) atoms. The fourth-order valence-electron chi connectivity index (χ4n) is 4.57. The molecule has 0 bridgehead atoms. The van der Waals surface area contributed by atoms with Crippen LogP contribution in [0, 0.1) is 0 Å². The van der Waals surface area contributed by atoms with Gasteiger partial charge in [-0.05, 0) is 39.0 Å². The minimum Gasteiger partial charge on any atom is -0.462 e. The van der Waals surface area contributed by atoms with Crippen LogP contribution < -0.4 is 0 Å². The normalized spacial score (nSPS) is 23.4. The molecule has 6 atom stereocenters. The highest BCUT2D eigenvalue weighted by Gasteiger charge is 2.44. The van der Waals surface area contributed by atoms with Gasteiger partial charge >= 0.3 is 11.9 Å². The summed E-state index contributed by atoms with van der Waals surface area (Å²) in [6, 6.07) is 0. The molecular formula is C32H56O10. The van der Waals surface area contributed by atoms with E-state index >= 15 is 0 Å². The molecule has 0 saturated carbocycles. The number of esters is 2. The van der Waals surface area contributed by atoms with Crippen molar-refractivity contribution in [3.8, 4) is 0 Å². The lowest BCUT2D eigenvalue weighted by molar-refractivity contribution is -0.305. The van der Waals surface area contributed by atoms with Crippen LogP contribution in [-0.4, -0.2) is 89.0 Å². The van der Waals surface area contributed by atoms with Gasteiger partial charge in [-0.2, -0.15) is 0 Å². The molecule has 0 aromatic carbocycles. The Labute approximate surface area is 252 Å². The van der Waals surface area contributed by atoms with Gasteiger partial charge in [-0.15, -0.1) is 0 Å². The van der Waals surface area contributed by atoms with E-state index in [-0.39, 0.29) is 26.1 Å². The summed E-state index contributed by atoms with van der Waals surface area (Å²) in [5, 5.41) is 39.6. The van der Waals surface area contributed by atoms with E-state index in [2.05, 4.69) is 25.2 Å². The van der Waals surface area contributed by atoms with Crippen molar-refractivity contribution in [2.24, 2.45) is 0 Å². The summed E-state index contributed by atoms with van der Waals surface area (Å²) >= 11 is 0. The molecule has 0 aromatic heterocycles. The Bertz CT molecular complexity index is 754. The third kappa shape index (κ3) is 17.3. The van der Waals surface area contributed by atoms with Crippen LogP contribution in [0.5, 0.6) is 0 Å². The van der Waals surface area contributed by atoms with Crippen LogP contribution in [0.2, 0.25) is 0 Å². The molecular weight excluding hydrogens is 544 g/mol. The quantitative estimate of drug-likeness (QED) is 0.0718. The molecule has 0 aliphatic carbocycles. The van der Waals surface area contributed by atoms with Gasteiger partial charge < -0.3 is 39.4 Å². The van der Waals surface area contributed by atoms with E-state index in [0.29, 0.717) is 12.8 Å². The SMILES string of the molecule is C/C=C/C/C=C/CCCCCCCC(=O)OC[C@H](CO[C@@H]1O[C@H](CO)[C@H](O)[C@H](O)[C@H]1O)OC(=O)CCCCCCCC. The molecule has 244 valence electrons. The van der Waals surface area contributed by atoms with E-state index in [1.165, 1.54) is 6.42 Å². The van der Waals surface area contributed by atoms with Crippen molar-refractivity contribution in [3.05, 3.63) is 24.3 Å². The summed E-state index contributed by atoms with van der Waals surface area (Å²) in [5.41, 5.74) is 0. The Morgan fingerprint density at radius 2 is 1.43 bits per heavy atom. The van der Waals surface area contributed by atoms with Gasteiger partial charge in [0.2, 0.25) is 0 Å². The zero-order valence-electron chi connectivity index (χ0n) is 25.7. The summed E-state index contributed by atoms with van der Waals surface area (Å²) < 4.78 is 21.8. The van der Waals surface area contributed by atoms with Crippen molar-refractivity contribution in [1.29, 1.82) is 0 Å². The Hall–Kier alpha value is -1.82. The van der Waals surface area contributed by atoms with Crippen LogP contribution in [0.25, 0.3) is 0 Å². The van der Waals surface area contributed by atoms with E-state index < -0.39 is 55.4 Å². The fourth-order valence-corrected chi connectivity index (χ4v) is 4.57. The van der Waals surface area contributed by atoms with E-state index in [0.717, 1.165) is 64.2 Å². The number of allylic oxidation sites excluding steroid dienone is 4. The van der Waals surface area contributed by atoms with Crippen LogP contribution in [0.4, 0.5) is 0 Å². The molecule has 1 aliphatic rings. The van der Waals surface area contributed by atoms with Crippen LogP contribution in [-0.2, 0) is 28.5 Å². The lowest BCUT2D eigenvalue weighted by Crippen LogP contribution is -2.59. The van der Waals surface area contributed by atoms with Crippen LogP contribution in [0.3, 0.4) is 0 Å². The van der Waals surface area contributed by atoms with Crippen molar-refractivity contribution in [1.82, 2.24) is 0 Å². The molecule has 0 radical (unpaired) electrons. The maximum absolute atomic E-state index is 12.5. The average molecular weight is 601 g/mol. The number of hydrogen-bond acceptors (Lipinski definition) is 10. The minimum absolute atomic E-state index is 0.224. The van der Waals surface area contributed by atoms with E-state index in [1.54, 1.807) is 0 Å². The van der Waals surface area contributed by atoms with E-state index in [4.69, 9.17) is 18.9 Å². The highest BCUT2D eigenvalue weighted by atomic mass is 16.7. The number of aliphatic hydroxyl groups excluding tert-OH is 4. The predicted octanol–water partition coefficient (Wildman–Crippen LogP) is 4.26. The van der Waals surface area contributed by atoms with Crippen molar-refractivity contribution < 1.29 is 49.0 Å². The van der Waals surface area contributed by atoms with Crippen molar-refractivity contribution in [2.45, 2.75) is 147 Å². The zero-order chi connectivity index (χ0) is 31.0. The molecule has 1 fully saturated rings. The molecule has 10 heteroatoms. The number of rotatable bonds is 24. The van der Waals surface area contributed by atoms with Gasteiger partial charge in [-0.3, -0.25) is 9.59 Å². The number of ether oxygens (including phenoxy) is 4. The van der Waals surface area contributed by atoms with Crippen molar-refractivity contribution in [3.63, 3.8) is 0 Å². The second-order valence-electron chi connectivity index (χ2n) is 10.9. The Morgan fingerprint density at radius 1 is 0.786 bits per heavy atom. The highest BCUT2D eigenvalue weighted by Crippen LogP contribution is 2.22. The highest BCUT2D eigenvalue weighted by molar-refractivity contribution is 5.70. The number of aliphatic hydroxyl groups is 4. The summed E-state index contributed by atoms with van der Waals surface area (Å²) in [5.74, 6) is -0.840. The van der Waals surface area contributed by atoms with Gasteiger partial charge in [-0.25, -0.2) is 0 Å². The topological polar surface area (TPSA) is 152 Å². The number of unbranched alkanes of at least 4 members (excludes halogenated alkanes) is 10. The van der Waals surface area contributed by atoms with Gasteiger partial charge in [0.15, 0.2) is 12.4 Å². The summed E-state index contributed by atoms with van der Waals surface area (Å²) in [7, 11) is 0. The standard InChI is InChI=1S/C32H56O10/c1-3-5-7-9-11-12-13-14-15-17-18-20-27(34)39-23-25(41-28(35)21-19-16-10-8-6-4-2)24-40-32-31(38)30(37)29(36)26(22-33)42-32/h3,5,9,11,25-26,29-33,36-38H,4,6-8,10,12-24H2,1-2H3/b5-3+,11-9+/t25-,26-,29+,30+,31-,32-/m1/s1. The molecule has 10 nitrogen and oxygen atoms in total. The average Bonchev–Trinajstić information content (AvgIpc) is 2.98. The summed E-state index contributed by atoms with van der Waals surface area (Å²) in [6.07, 6.45) is 13.9. The molecule has 0 spiro atoms. The van der Waals surface area contributed by atoms with Gasteiger partial charge in [0.1, 0.15) is 31.0 Å². The maximum atomic E-state index is 12.5. The zero-order valence-corrected chi connectivity index (χ0v) is 25.7. The second kappa shape index (κ2) is 24.6. The van der Waals surface area contributed by atoms with Crippen molar-refractivity contribution in [2.75, 3.05) is 19.8 Å². The summed E-state index contributed by atoms with van der Waals surface area (Å²) in [6.45, 7) is 3.06. The monoisotopic (exact) mass is 600 g/mol. The lowest BCUT2D eigenvalue weighted by Gasteiger charge is -2.39. The smallest absolute Gasteiger partial charge is 0.306 e. The minimum atomic E-state index is -1.59. The third-order valence-electron chi connectivity index (χ3n) is 7.18. The Balaban J connectivity index is 2.46. The molecule has 0 amide bonds. The molecule has 1 saturated heterocycles. The molecule has 1 rings (SSSR count). The molecule has 1 heterocycles. The first-order valence-electron chi connectivity index (χ1n) is 15.9. The number of carbonyl (C=O) groups excluding carboxylic acids is 2. The van der Waals surface area contributed by atoms with Gasteiger partial charge in [0, 0.05) is 12.8 Å². The molecule has 0 aromatic rings. The lowest BCUT2D eigenvalue weighted by atomic mass is 9.99. The number of carbonyl (C=O) groups is 2. The molecule has 0 unspecified atom stereocenters. The van der Waals surface area contributed by atoms with Crippen LogP contribution in [0.1, 0.15) is 110 Å². The van der Waals surface area contributed by atoms with E-state index in [1.807, 2.05) is 13.0 Å². The first-order chi connectivity index (χ1) is 20.3. The second-order valence-corrected chi connectivity index (χ2v) is 10.9. The largest absolute Gasteiger partial charge is 0.462 e.